The SMILES string of the molecule is NC(=O)CC1=CC(O)Oc2cc(N)ccc21. The van der Waals surface area contributed by atoms with Crippen molar-refractivity contribution >= 4 is 17.2 Å². The van der Waals surface area contributed by atoms with E-state index in [4.69, 9.17) is 16.2 Å². The fraction of sp³-hybridized carbons (Fsp3) is 0.182. The Morgan fingerprint density at radius 1 is 1.50 bits per heavy atom. The first-order valence-corrected chi connectivity index (χ1v) is 4.80. The van der Waals surface area contributed by atoms with Gasteiger partial charge in [0.1, 0.15) is 5.75 Å². The van der Waals surface area contributed by atoms with Crippen LogP contribution in [-0.4, -0.2) is 17.3 Å². The average molecular weight is 220 g/mol. The van der Waals surface area contributed by atoms with Crippen LogP contribution in [0.25, 0.3) is 5.57 Å². The number of aliphatic hydroxyl groups is 1. The van der Waals surface area contributed by atoms with E-state index in [-0.39, 0.29) is 6.42 Å². The van der Waals surface area contributed by atoms with Gasteiger partial charge in [0.15, 0.2) is 0 Å². The van der Waals surface area contributed by atoms with E-state index in [9.17, 15) is 9.90 Å². The Kier molecular flexibility index (Phi) is 2.54. The highest BCUT2D eigenvalue weighted by atomic mass is 16.6. The molecule has 5 N–H and O–H groups in total. The van der Waals surface area contributed by atoms with Gasteiger partial charge in [-0.15, -0.1) is 0 Å². The van der Waals surface area contributed by atoms with Gasteiger partial charge in [-0.05, 0) is 23.8 Å². The maximum Gasteiger partial charge on any atom is 0.221 e. The van der Waals surface area contributed by atoms with E-state index in [2.05, 4.69) is 0 Å². The van der Waals surface area contributed by atoms with Crippen LogP contribution in [0.2, 0.25) is 0 Å². The standard InChI is InChI=1S/C11H12N2O3/c12-7-1-2-8-6(3-10(13)14)4-11(15)16-9(8)5-7/h1-2,4-5,11,15H,3,12H2,(H2,13,14). The summed E-state index contributed by atoms with van der Waals surface area (Å²) in [5, 5.41) is 9.44. The summed E-state index contributed by atoms with van der Waals surface area (Å²) >= 11 is 0. The molecule has 0 fully saturated rings. The number of rotatable bonds is 2. The minimum absolute atomic E-state index is 0.0668. The number of nitrogen functional groups attached to an aromatic ring is 1. The largest absolute Gasteiger partial charge is 0.461 e. The number of primary amides is 1. The van der Waals surface area contributed by atoms with Crippen molar-refractivity contribution in [1.82, 2.24) is 0 Å². The number of hydrogen-bond acceptors (Lipinski definition) is 4. The molecule has 2 rings (SSSR count). The summed E-state index contributed by atoms with van der Waals surface area (Å²) < 4.78 is 5.17. The second-order valence-electron chi connectivity index (χ2n) is 3.60. The molecule has 0 spiro atoms. The molecular formula is C11H12N2O3. The van der Waals surface area contributed by atoms with Crippen molar-refractivity contribution in [2.75, 3.05) is 5.73 Å². The Balaban J connectivity index is 2.43. The van der Waals surface area contributed by atoms with Crippen LogP contribution in [0.1, 0.15) is 12.0 Å². The molecule has 0 saturated heterocycles. The number of amides is 1. The number of benzene rings is 1. The van der Waals surface area contributed by atoms with Crippen LogP contribution in [0.5, 0.6) is 5.75 Å². The van der Waals surface area contributed by atoms with Crippen molar-refractivity contribution in [1.29, 1.82) is 0 Å². The summed E-state index contributed by atoms with van der Waals surface area (Å²) in [7, 11) is 0. The number of carbonyl (C=O) groups is 1. The molecule has 0 aliphatic carbocycles. The molecule has 1 aromatic rings. The normalized spacial score (nSPS) is 18.3. The predicted molar refractivity (Wildman–Crippen MR) is 59.3 cm³/mol. The summed E-state index contributed by atoms with van der Waals surface area (Å²) in [5.41, 5.74) is 12.7. The van der Waals surface area contributed by atoms with Crippen LogP contribution in [-0.2, 0) is 4.79 Å². The van der Waals surface area contributed by atoms with Gasteiger partial charge in [-0.1, -0.05) is 0 Å². The first-order valence-electron chi connectivity index (χ1n) is 4.80. The van der Waals surface area contributed by atoms with Crippen molar-refractivity contribution in [3.63, 3.8) is 0 Å². The highest BCUT2D eigenvalue weighted by molar-refractivity contribution is 5.89. The minimum atomic E-state index is -1.07. The van der Waals surface area contributed by atoms with Gasteiger partial charge in [-0.25, -0.2) is 0 Å². The third kappa shape index (κ3) is 1.99. The van der Waals surface area contributed by atoms with E-state index in [0.717, 1.165) is 5.56 Å². The second kappa shape index (κ2) is 3.86. The van der Waals surface area contributed by atoms with E-state index in [1.807, 2.05) is 0 Å². The highest BCUT2D eigenvalue weighted by Crippen LogP contribution is 2.34. The van der Waals surface area contributed by atoms with Crippen LogP contribution in [0.4, 0.5) is 5.69 Å². The molecule has 1 aliphatic rings. The van der Waals surface area contributed by atoms with Crippen LogP contribution in [0.3, 0.4) is 0 Å². The Hall–Kier alpha value is -2.01. The van der Waals surface area contributed by atoms with Crippen molar-refractivity contribution in [2.45, 2.75) is 12.7 Å². The van der Waals surface area contributed by atoms with E-state index in [1.165, 1.54) is 6.08 Å². The van der Waals surface area contributed by atoms with Crippen LogP contribution in [0, 0.1) is 0 Å². The number of fused-ring (bicyclic) bond motifs is 1. The maximum atomic E-state index is 10.9. The zero-order chi connectivity index (χ0) is 11.7. The van der Waals surface area contributed by atoms with Crippen molar-refractivity contribution in [2.24, 2.45) is 5.73 Å². The van der Waals surface area contributed by atoms with E-state index < -0.39 is 12.2 Å². The third-order valence-corrected chi connectivity index (χ3v) is 2.31. The summed E-state index contributed by atoms with van der Waals surface area (Å²) in [6.45, 7) is 0. The number of carbonyl (C=O) groups excluding carboxylic acids is 1. The molecule has 16 heavy (non-hydrogen) atoms. The molecular weight excluding hydrogens is 208 g/mol. The van der Waals surface area contributed by atoms with Crippen LogP contribution in [0.15, 0.2) is 24.3 Å². The first-order chi connectivity index (χ1) is 7.56. The van der Waals surface area contributed by atoms with Gasteiger partial charge in [-0.2, -0.15) is 0 Å². The maximum absolute atomic E-state index is 10.9. The summed E-state index contributed by atoms with van der Waals surface area (Å²) in [5.74, 6) is 0.00868. The average Bonchev–Trinajstić information content (AvgIpc) is 2.15. The van der Waals surface area contributed by atoms with Gasteiger partial charge in [0.05, 0.1) is 6.42 Å². The molecule has 0 bridgehead atoms. The lowest BCUT2D eigenvalue weighted by Crippen LogP contribution is -2.20. The lowest BCUT2D eigenvalue weighted by molar-refractivity contribution is -0.117. The molecule has 0 aromatic heterocycles. The van der Waals surface area contributed by atoms with Crippen molar-refractivity contribution in [3.8, 4) is 5.75 Å². The Bertz CT molecular complexity index is 468. The second-order valence-corrected chi connectivity index (χ2v) is 3.60. The van der Waals surface area contributed by atoms with Gasteiger partial charge >= 0.3 is 0 Å². The molecule has 1 heterocycles. The summed E-state index contributed by atoms with van der Waals surface area (Å²) in [6, 6.07) is 5.05. The van der Waals surface area contributed by atoms with Crippen molar-refractivity contribution < 1.29 is 14.6 Å². The van der Waals surface area contributed by atoms with Crippen LogP contribution >= 0.6 is 0 Å². The van der Waals surface area contributed by atoms with Gasteiger partial charge in [0.25, 0.3) is 0 Å². The van der Waals surface area contributed by atoms with E-state index >= 15 is 0 Å². The molecule has 0 saturated carbocycles. The molecule has 1 aliphatic heterocycles. The van der Waals surface area contributed by atoms with Gasteiger partial charge in [0, 0.05) is 17.3 Å². The van der Waals surface area contributed by atoms with Gasteiger partial charge < -0.3 is 21.3 Å². The number of anilines is 1. The summed E-state index contributed by atoms with van der Waals surface area (Å²) in [4.78, 5) is 10.9. The van der Waals surface area contributed by atoms with E-state index in [0.29, 0.717) is 17.0 Å². The molecule has 1 atom stereocenters. The number of hydrogen-bond donors (Lipinski definition) is 3. The summed E-state index contributed by atoms with van der Waals surface area (Å²) in [6.07, 6.45) is 0.462. The van der Waals surface area contributed by atoms with E-state index in [1.54, 1.807) is 18.2 Å². The first kappa shape index (κ1) is 10.5. The Morgan fingerprint density at radius 3 is 2.94 bits per heavy atom. The monoisotopic (exact) mass is 220 g/mol. The highest BCUT2D eigenvalue weighted by Gasteiger charge is 2.20. The zero-order valence-corrected chi connectivity index (χ0v) is 8.51. The molecule has 5 heteroatoms. The fourth-order valence-electron chi connectivity index (χ4n) is 1.67. The fourth-order valence-corrected chi connectivity index (χ4v) is 1.67. The van der Waals surface area contributed by atoms with Crippen LogP contribution < -0.4 is 16.2 Å². The minimum Gasteiger partial charge on any atom is -0.461 e. The topological polar surface area (TPSA) is 98.6 Å². The number of nitrogens with two attached hydrogens (primary N) is 2. The van der Waals surface area contributed by atoms with Gasteiger partial charge in [0.2, 0.25) is 12.2 Å². The Morgan fingerprint density at radius 2 is 2.25 bits per heavy atom. The Labute approximate surface area is 92.3 Å². The quantitative estimate of drug-likeness (QED) is 0.621. The molecule has 5 nitrogen and oxygen atoms in total. The molecule has 0 radical (unpaired) electrons. The smallest absolute Gasteiger partial charge is 0.221 e. The molecule has 1 aromatic carbocycles. The molecule has 1 unspecified atom stereocenters. The zero-order valence-electron chi connectivity index (χ0n) is 8.51. The third-order valence-electron chi connectivity index (χ3n) is 2.31. The molecule has 1 amide bonds. The lowest BCUT2D eigenvalue weighted by atomic mass is 9.98. The predicted octanol–water partition coefficient (Wildman–Crippen LogP) is 0.238. The number of aliphatic hydroxyl groups excluding tert-OH is 1. The molecule has 84 valence electrons. The van der Waals surface area contributed by atoms with Crippen molar-refractivity contribution in [3.05, 3.63) is 29.8 Å². The van der Waals surface area contributed by atoms with Gasteiger partial charge in [-0.3, -0.25) is 4.79 Å². The number of ether oxygens (including phenoxy) is 1. The lowest BCUT2D eigenvalue weighted by Gasteiger charge is -2.22.